The fraction of sp³-hybridized carbons (Fsp3) is 0.250. The highest BCUT2D eigenvalue weighted by Crippen LogP contribution is 1.71. The summed E-state index contributed by atoms with van der Waals surface area (Å²) >= 11 is 0. The minimum Gasteiger partial charge on any atom is -0.372 e. The number of hydrogen-bond donors (Lipinski definition) is 0. The van der Waals surface area contributed by atoms with Crippen LogP contribution >= 0.6 is 0 Å². The Hall–Kier alpha value is -0.790. The van der Waals surface area contributed by atoms with Gasteiger partial charge < -0.3 is 9.78 Å². The normalized spacial score (nSPS) is 8.83. The molecule has 2 nitrogen and oxygen atoms in total. The molecule has 0 aromatic carbocycles. The van der Waals surface area contributed by atoms with Gasteiger partial charge in [-0.25, -0.2) is 0 Å². The second-order valence-electron chi connectivity index (χ2n) is 1.12. The van der Waals surface area contributed by atoms with Crippen LogP contribution in [-0.2, 0) is 7.05 Å². The minimum absolute atomic E-state index is 1.69. The van der Waals surface area contributed by atoms with Gasteiger partial charge in [-0.2, -0.15) is 6.07 Å². The maximum Gasteiger partial charge on any atom is 0.00866 e. The fourth-order valence-corrected chi connectivity index (χ4v) is 0.299. The highest BCUT2D eigenvalue weighted by Gasteiger charge is 1.56. The van der Waals surface area contributed by atoms with Crippen molar-refractivity contribution in [3.63, 3.8) is 0 Å². The Balaban J connectivity index is 3.05. The van der Waals surface area contributed by atoms with Crippen molar-refractivity contribution in [3.05, 3.63) is 18.5 Å². The molecule has 32 valence electrons. The summed E-state index contributed by atoms with van der Waals surface area (Å²) < 4.78 is 1.69. The van der Waals surface area contributed by atoms with Crippen molar-refractivity contribution in [2.45, 2.75) is 0 Å². The molecule has 0 amide bonds. The van der Waals surface area contributed by atoms with Gasteiger partial charge in [0.2, 0.25) is 0 Å². The standard InChI is InChI=1S/C4H5N2/c1-6-4-2-3-5-6/h2,4H,1H3/q-1. The molecule has 0 unspecified atom stereocenters. The molecule has 0 saturated carbocycles. The Bertz CT molecular complexity index is 109. The third kappa shape index (κ3) is 0.407. The topological polar surface area (TPSA) is 17.8 Å². The van der Waals surface area contributed by atoms with Crippen molar-refractivity contribution in [2.75, 3.05) is 0 Å². The first-order chi connectivity index (χ1) is 2.89. The maximum atomic E-state index is 3.71. The summed E-state index contributed by atoms with van der Waals surface area (Å²) in [6, 6.07) is 1.76. The third-order valence-corrected chi connectivity index (χ3v) is 0.580. The molecule has 0 bridgehead atoms. The van der Waals surface area contributed by atoms with Gasteiger partial charge in [-0.3, -0.25) is 0 Å². The van der Waals surface area contributed by atoms with Gasteiger partial charge in [-0.05, 0) is 0 Å². The predicted octanol–water partition coefficient (Wildman–Crippen LogP) is 0.220. The quantitative estimate of drug-likeness (QED) is 0.408. The number of rotatable bonds is 0. The van der Waals surface area contributed by atoms with Gasteiger partial charge in [0.15, 0.2) is 0 Å². The zero-order valence-electron chi connectivity index (χ0n) is 3.55. The molecule has 0 aliphatic rings. The van der Waals surface area contributed by atoms with E-state index in [0.29, 0.717) is 0 Å². The molecule has 0 radical (unpaired) electrons. The molecule has 0 aliphatic heterocycles. The van der Waals surface area contributed by atoms with E-state index < -0.39 is 0 Å². The lowest BCUT2D eigenvalue weighted by molar-refractivity contribution is 0.765. The van der Waals surface area contributed by atoms with Crippen molar-refractivity contribution >= 4 is 0 Å². The summed E-state index contributed by atoms with van der Waals surface area (Å²) in [7, 11) is 1.86. The SMILES string of the molecule is Cn1cc[c-]n1. The van der Waals surface area contributed by atoms with E-state index in [4.69, 9.17) is 0 Å². The zero-order chi connectivity index (χ0) is 4.41. The summed E-state index contributed by atoms with van der Waals surface area (Å²) in [6.07, 6.45) is 4.48. The van der Waals surface area contributed by atoms with Gasteiger partial charge >= 0.3 is 0 Å². The Morgan fingerprint density at radius 3 is 2.83 bits per heavy atom. The first kappa shape index (κ1) is 3.40. The van der Waals surface area contributed by atoms with Crippen LogP contribution in [0.1, 0.15) is 0 Å². The largest absolute Gasteiger partial charge is 0.372 e. The lowest BCUT2D eigenvalue weighted by Crippen LogP contribution is -1.83. The molecule has 1 aromatic heterocycles. The van der Waals surface area contributed by atoms with Crippen molar-refractivity contribution in [1.82, 2.24) is 9.78 Å². The molecule has 0 fully saturated rings. The van der Waals surface area contributed by atoms with Crippen LogP contribution in [0.2, 0.25) is 0 Å². The van der Waals surface area contributed by atoms with E-state index in [1.165, 1.54) is 0 Å². The number of nitrogens with zero attached hydrogens (tertiary/aromatic N) is 2. The van der Waals surface area contributed by atoms with E-state index in [-0.39, 0.29) is 0 Å². The van der Waals surface area contributed by atoms with Crippen LogP contribution in [-0.4, -0.2) is 9.78 Å². The molecule has 6 heavy (non-hydrogen) atoms. The van der Waals surface area contributed by atoms with E-state index in [1.54, 1.807) is 10.7 Å². The molecular formula is C4H5N2-. The van der Waals surface area contributed by atoms with Crippen LogP contribution in [0, 0.1) is 6.20 Å². The van der Waals surface area contributed by atoms with Crippen molar-refractivity contribution in [1.29, 1.82) is 0 Å². The van der Waals surface area contributed by atoms with Crippen LogP contribution in [0.15, 0.2) is 12.3 Å². The van der Waals surface area contributed by atoms with Crippen LogP contribution in [0.4, 0.5) is 0 Å². The molecule has 2 heteroatoms. The first-order valence-corrected chi connectivity index (χ1v) is 1.75. The lowest BCUT2D eigenvalue weighted by Gasteiger charge is -1.87. The molecule has 0 aliphatic carbocycles. The summed E-state index contributed by atoms with van der Waals surface area (Å²) in [5.41, 5.74) is 0. The Morgan fingerprint density at radius 2 is 2.67 bits per heavy atom. The van der Waals surface area contributed by atoms with E-state index >= 15 is 0 Å². The highest BCUT2D eigenvalue weighted by molar-refractivity contribution is 4.73. The molecule has 1 rings (SSSR count). The van der Waals surface area contributed by atoms with Crippen molar-refractivity contribution < 1.29 is 0 Å². The lowest BCUT2D eigenvalue weighted by atomic mass is 10.8. The summed E-state index contributed by atoms with van der Waals surface area (Å²) in [6.45, 7) is 0. The van der Waals surface area contributed by atoms with Gasteiger partial charge in [-0.15, -0.1) is 12.4 Å². The maximum absolute atomic E-state index is 3.71. The number of aryl methyl sites for hydroxylation is 1. The Kier molecular flexibility index (Phi) is 0.638. The van der Waals surface area contributed by atoms with Crippen LogP contribution in [0.5, 0.6) is 0 Å². The van der Waals surface area contributed by atoms with Crippen LogP contribution in [0.25, 0.3) is 0 Å². The summed E-state index contributed by atoms with van der Waals surface area (Å²) in [4.78, 5) is 0. The van der Waals surface area contributed by atoms with Gasteiger partial charge in [0.05, 0.1) is 0 Å². The Labute approximate surface area is 36.4 Å². The molecule has 1 aromatic rings. The zero-order valence-corrected chi connectivity index (χ0v) is 3.55. The molecule has 0 spiro atoms. The van der Waals surface area contributed by atoms with E-state index in [1.807, 2.05) is 13.2 Å². The molecular weight excluding hydrogens is 76.1 g/mol. The summed E-state index contributed by atoms with van der Waals surface area (Å²) in [5, 5.41) is 3.71. The number of aromatic nitrogens is 2. The van der Waals surface area contributed by atoms with Crippen molar-refractivity contribution in [3.8, 4) is 0 Å². The smallest absolute Gasteiger partial charge is 0.00866 e. The van der Waals surface area contributed by atoms with E-state index in [2.05, 4.69) is 11.3 Å². The fourth-order valence-electron chi connectivity index (χ4n) is 0.299. The van der Waals surface area contributed by atoms with Gasteiger partial charge in [0.25, 0.3) is 0 Å². The monoisotopic (exact) mass is 81.0 g/mol. The first-order valence-electron chi connectivity index (χ1n) is 1.75. The highest BCUT2D eigenvalue weighted by atomic mass is 15.2. The molecule has 0 N–H and O–H groups in total. The van der Waals surface area contributed by atoms with E-state index in [9.17, 15) is 0 Å². The molecule has 0 saturated heterocycles. The predicted molar refractivity (Wildman–Crippen MR) is 22.0 cm³/mol. The third-order valence-electron chi connectivity index (χ3n) is 0.580. The Morgan fingerprint density at radius 1 is 1.83 bits per heavy atom. The molecule has 1 heterocycles. The average molecular weight is 81.1 g/mol. The van der Waals surface area contributed by atoms with Gasteiger partial charge in [0.1, 0.15) is 0 Å². The van der Waals surface area contributed by atoms with Gasteiger partial charge in [-0.1, -0.05) is 0 Å². The number of hydrogen-bond acceptors (Lipinski definition) is 1. The molecule has 0 atom stereocenters. The summed E-state index contributed by atoms with van der Waals surface area (Å²) in [5.74, 6) is 0. The van der Waals surface area contributed by atoms with Crippen molar-refractivity contribution in [2.24, 2.45) is 7.05 Å². The minimum atomic E-state index is 1.69. The average Bonchev–Trinajstić information content (AvgIpc) is 1.86. The second kappa shape index (κ2) is 1.12. The van der Waals surface area contributed by atoms with Gasteiger partial charge in [0, 0.05) is 7.05 Å². The van der Waals surface area contributed by atoms with Crippen LogP contribution < -0.4 is 0 Å². The van der Waals surface area contributed by atoms with E-state index in [0.717, 1.165) is 0 Å². The van der Waals surface area contributed by atoms with Crippen LogP contribution in [0.3, 0.4) is 0 Å². The second-order valence-corrected chi connectivity index (χ2v) is 1.12.